The lowest BCUT2D eigenvalue weighted by Crippen LogP contribution is -2.00. The molecule has 0 aliphatic rings. The number of halogens is 2. The van der Waals surface area contributed by atoms with E-state index in [1.165, 1.54) is 0 Å². The first kappa shape index (κ1) is 13.2. The van der Waals surface area contributed by atoms with Crippen LogP contribution in [0, 0.1) is 0 Å². The van der Waals surface area contributed by atoms with Crippen molar-refractivity contribution < 1.29 is 5.11 Å². The monoisotopic (exact) mass is 278 g/mol. The van der Waals surface area contributed by atoms with E-state index in [4.69, 9.17) is 23.2 Å². The molecule has 2 aromatic rings. The summed E-state index contributed by atoms with van der Waals surface area (Å²) in [6, 6.07) is 14.5. The standard InChI is InChI=1S/C15H12Cl2O/c1-10(11-5-3-2-4-6-11)15(18)13-8-7-12(16)9-14(13)17/h2-9,15,18H,1H2/t15-/m1/s1. The quantitative estimate of drug-likeness (QED) is 0.860. The third-order valence-corrected chi connectivity index (χ3v) is 3.29. The van der Waals surface area contributed by atoms with Crippen molar-refractivity contribution in [1.29, 1.82) is 0 Å². The van der Waals surface area contributed by atoms with Crippen LogP contribution in [0.1, 0.15) is 17.2 Å². The SMILES string of the molecule is C=C(c1ccccc1)[C@@H](O)c1ccc(Cl)cc1Cl. The molecule has 1 N–H and O–H groups in total. The highest BCUT2D eigenvalue weighted by atomic mass is 35.5. The zero-order valence-electron chi connectivity index (χ0n) is 9.61. The van der Waals surface area contributed by atoms with Crippen molar-refractivity contribution in [3.63, 3.8) is 0 Å². The maximum Gasteiger partial charge on any atom is 0.105 e. The fourth-order valence-corrected chi connectivity index (χ4v) is 2.23. The average Bonchev–Trinajstić information content (AvgIpc) is 2.38. The largest absolute Gasteiger partial charge is 0.384 e. The molecule has 1 nitrogen and oxygen atoms in total. The number of rotatable bonds is 3. The second-order valence-electron chi connectivity index (χ2n) is 3.96. The Bertz CT molecular complexity index is 564. The minimum atomic E-state index is -0.836. The Morgan fingerprint density at radius 1 is 1.06 bits per heavy atom. The van der Waals surface area contributed by atoms with Gasteiger partial charge in [0.15, 0.2) is 0 Å². The lowest BCUT2D eigenvalue weighted by molar-refractivity contribution is 0.238. The van der Waals surface area contributed by atoms with E-state index >= 15 is 0 Å². The van der Waals surface area contributed by atoms with E-state index in [0.29, 0.717) is 21.2 Å². The van der Waals surface area contributed by atoms with Crippen LogP contribution >= 0.6 is 23.2 Å². The molecular formula is C15H12Cl2O. The lowest BCUT2D eigenvalue weighted by Gasteiger charge is -2.16. The van der Waals surface area contributed by atoms with Crippen LogP contribution in [0.4, 0.5) is 0 Å². The summed E-state index contributed by atoms with van der Waals surface area (Å²) in [5.41, 5.74) is 2.10. The van der Waals surface area contributed by atoms with E-state index < -0.39 is 6.10 Å². The van der Waals surface area contributed by atoms with Crippen LogP contribution in [0.15, 0.2) is 55.1 Å². The molecule has 0 unspecified atom stereocenters. The zero-order chi connectivity index (χ0) is 13.1. The molecule has 0 spiro atoms. The minimum absolute atomic E-state index is 0.437. The molecular weight excluding hydrogens is 267 g/mol. The van der Waals surface area contributed by atoms with Crippen LogP contribution in [0.3, 0.4) is 0 Å². The summed E-state index contributed by atoms with van der Waals surface area (Å²) < 4.78 is 0. The normalized spacial score (nSPS) is 12.2. The van der Waals surface area contributed by atoms with Gasteiger partial charge >= 0.3 is 0 Å². The van der Waals surface area contributed by atoms with Gasteiger partial charge in [0.1, 0.15) is 6.10 Å². The summed E-state index contributed by atoms with van der Waals surface area (Å²) in [6.45, 7) is 3.92. The maximum absolute atomic E-state index is 10.3. The van der Waals surface area contributed by atoms with Crippen LogP contribution in [0.5, 0.6) is 0 Å². The van der Waals surface area contributed by atoms with Crippen LogP contribution < -0.4 is 0 Å². The Morgan fingerprint density at radius 2 is 1.72 bits per heavy atom. The van der Waals surface area contributed by atoms with Crippen molar-refractivity contribution in [2.75, 3.05) is 0 Å². The first-order valence-corrected chi connectivity index (χ1v) is 6.22. The van der Waals surface area contributed by atoms with Gasteiger partial charge in [-0.05, 0) is 23.3 Å². The molecule has 0 radical (unpaired) electrons. The van der Waals surface area contributed by atoms with Gasteiger partial charge in [0.2, 0.25) is 0 Å². The van der Waals surface area contributed by atoms with Crippen LogP contribution in [-0.4, -0.2) is 5.11 Å². The molecule has 0 heterocycles. The Hall–Kier alpha value is -1.28. The van der Waals surface area contributed by atoms with Crippen molar-refractivity contribution in [1.82, 2.24) is 0 Å². The fraction of sp³-hybridized carbons (Fsp3) is 0.0667. The summed E-state index contributed by atoms with van der Waals surface area (Å²) in [5.74, 6) is 0. The van der Waals surface area contributed by atoms with Crippen molar-refractivity contribution in [3.05, 3.63) is 76.3 Å². The minimum Gasteiger partial charge on any atom is -0.384 e. The third-order valence-electron chi connectivity index (χ3n) is 2.73. The number of aliphatic hydroxyl groups excluding tert-OH is 1. The molecule has 0 aliphatic carbocycles. The molecule has 0 bridgehead atoms. The van der Waals surface area contributed by atoms with E-state index in [2.05, 4.69) is 6.58 Å². The van der Waals surface area contributed by atoms with E-state index in [-0.39, 0.29) is 0 Å². The van der Waals surface area contributed by atoms with Gasteiger partial charge in [0, 0.05) is 15.6 Å². The van der Waals surface area contributed by atoms with Gasteiger partial charge < -0.3 is 5.11 Å². The van der Waals surface area contributed by atoms with Crippen LogP contribution in [0.25, 0.3) is 5.57 Å². The van der Waals surface area contributed by atoms with Crippen molar-refractivity contribution in [2.24, 2.45) is 0 Å². The highest BCUT2D eigenvalue weighted by Crippen LogP contribution is 2.33. The Morgan fingerprint density at radius 3 is 2.33 bits per heavy atom. The highest BCUT2D eigenvalue weighted by molar-refractivity contribution is 6.35. The maximum atomic E-state index is 10.3. The van der Waals surface area contributed by atoms with Crippen molar-refractivity contribution >= 4 is 28.8 Å². The predicted octanol–water partition coefficient (Wildman–Crippen LogP) is 4.74. The van der Waals surface area contributed by atoms with Crippen molar-refractivity contribution in [2.45, 2.75) is 6.10 Å². The van der Waals surface area contributed by atoms with E-state index in [9.17, 15) is 5.11 Å². The Labute approximate surface area is 116 Å². The van der Waals surface area contributed by atoms with Crippen LogP contribution in [0.2, 0.25) is 10.0 Å². The topological polar surface area (TPSA) is 20.2 Å². The third kappa shape index (κ3) is 2.75. The van der Waals surface area contributed by atoms with Gasteiger partial charge in [-0.15, -0.1) is 0 Å². The molecule has 3 heteroatoms. The van der Waals surface area contributed by atoms with Gasteiger partial charge in [-0.25, -0.2) is 0 Å². The molecule has 2 aromatic carbocycles. The molecule has 0 saturated heterocycles. The molecule has 18 heavy (non-hydrogen) atoms. The van der Waals surface area contributed by atoms with Crippen molar-refractivity contribution in [3.8, 4) is 0 Å². The first-order chi connectivity index (χ1) is 8.59. The van der Waals surface area contributed by atoms with Gasteiger partial charge in [-0.1, -0.05) is 66.2 Å². The first-order valence-electron chi connectivity index (χ1n) is 5.47. The second-order valence-corrected chi connectivity index (χ2v) is 4.80. The zero-order valence-corrected chi connectivity index (χ0v) is 11.1. The summed E-state index contributed by atoms with van der Waals surface area (Å²) in [6.07, 6.45) is -0.836. The molecule has 0 fully saturated rings. The average molecular weight is 279 g/mol. The van der Waals surface area contributed by atoms with Gasteiger partial charge in [0.25, 0.3) is 0 Å². The van der Waals surface area contributed by atoms with Gasteiger partial charge in [-0.2, -0.15) is 0 Å². The highest BCUT2D eigenvalue weighted by Gasteiger charge is 2.16. The summed E-state index contributed by atoms with van der Waals surface area (Å²) in [5, 5.41) is 11.3. The Kier molecular flexibility index (Phi) is 4.07. The van der Waals surface area contributed by atoms with E-state index in [0.717, 1.165) is 5.56 Å². The number of aliphatic hydroxyl groups is 1. The summed E-state index contributed by atoms with van der Waals surface area (Å²) >= 11 is 11.9. The molecule has 1 atom stereocenters. The van der Waals surface area contributed by atoms with E-state index in [1.807, 2.05) is 30.3 Å². The molecule has 92 valence electrons. The van der Waals surface area contributed by atoms with Crippen LogP contribution in [-0.2, 0) is 0 Å². The number of hydrogen-bond acceptors (Lipinski definition) is 1. The van der Waals surface area contributed by atoms with Gasteiger partial charge in [-0.3, -0.25) is 0 Å². The molecule has 2 rings (SSSR count). The van der Waals surface area contributed by atoms with E-state index in [1.54, 1.807) is 18.2 Å². The Balaban J connectivity index is 2.31. The summed E-state index contributed by atoms with van der Waals surface area (Å²) in [7, 11) is 0. The smallest absolute Gasteiger partial charge is 0.105 e. The molecule has 0 aliphatic heterocycles. The number of hydrogen-bond donors (Lipinski definition) is 1. The molecule has 0 amide bonds. The fourth-order valence-electron chi connectivity index (χ4n) is 1.72. The lowest BCUT2D eigenvalue weighted by atomic mass is 9.97. The second kappa shape index (κ2) is 5.57. The van der Waals surface area contributed by atoms with Gasteiger partial charge in [0.05, 0.1) is 0 Å². The molecule has 0 aromatic heterocycles. The summed E-state index contributed by atoms with van der Waals surface area (Å²) in [4.78, 5) is 0. The number of benzene rings is 2. The predicted molar refractivity (Wildman–Crippen MR) is 76.9 cm³/mol. The molecule has 0 saturated carbocycles.